The topological polar surface area (TPSA) is 65.5 Å². The fourth-order valence-corrected chi connectivity index (χ4v) is 3.36. The molecule has 1 aromatic heterocycles. The van der Waals surface area contributed by atoms with E-state index in [9.17, 15) is 12.8 Å². The normalized spacial score (nSPS) is 15.3. The van der Waals surface area contributed by atoms with Crippen LogP contribution in [0.15, 0.2) is 42.6 Å². The second-order valence-corrected chi connectivity index (χ2v) is 7.84. The average molecular weight is 364 g/mol. The van der Waals surface area contributed by atoms with Gasteiger partial charge in [0.25, 0.3) is 0 Å². The third kappa shape index (κ3) is 4.19. The van der Waals surface area contributed by atoms with Gasteiger partial charge >= 0.3 is 0 Å². The van der Waals surface area contributed by atoms with E-state index < -0.39 is 10.0 Å². The minimum Gasteiger partial charge on any atom is -0.367 e. The molecule has 0 atom stereocenters. The van der Waals surface area contributed by atoms with Crippen LogP contribution >= 0.6 is 0 Å². The Morgan fingerprint density at radius 1 is 1.08 bits per heavy atom. The van der Waals surface area contributed by atoms with Crippen molar-refractivity contribution in [1.82, 2.24) is 4.98 Å². The highest BCUT2D eigenvalue weighted by atomic mass is 32.2. The first-order chi connectivity index (χ1) is 12.0. The molecule has 1 fully saturated rings. The number of benzene rings is 1. The molecular formula is C17H21FN4O2S. The lowest BCUT2D eigenvalue weighted by Gasteiger charge is -2.37. The second kappa shape index (κ2) is 7.26. The third-order valence-electron chi connectivity index (χ3n) is 4.23. The smallest absolute Gasteiger partial charge is 0.233 e. The van der Waals surface area contributed by atoms with Gasteiger partial charge in [0.2, 0.25) is 10.0 Å². The molecule has 1 aliphatic rings. The molecule has 0 amide bonds. The summed E-state index contributed by atoms with van der Waals surface area (Å²) in [5.41, 5.74) is 1.55. The van der Waals surface area contributed by atoms with E-state index in [1.165, 1.54) is 6.07 Å². The summed E-state index contributed by atoms with van der Waals surface area (Å²) in [6, 6.07) is 10.3. The lowest BCUT2D eigenvalue weighted by atomic mass is 10.2. The van der Waals surface area contributed by atoms with Crippen molar-refractivity contribution in [1.29, 1.82) is 0 Å². The molecule has 2 aromatic rings. The van der Waals surface area contributed by atoms with Crippen molar-refractivity contribution >= 4 is 27.2 Å². The van der Waals surface area contributed by atoms with Crippen LogP contribution in [0.2, 0.25) is 0 Å². The summed E-state index contributed by atoms with van der Waals surface area (Å²) in [4.78, 5) is 8.36. The highest BCUT2D eigenvalue weighted by Gasteiger charge is 2.19. The van der Waals surface area contributed by atoms with Crippen LogP contribution < -0.4 is 14.5 Å². The highest BCUT2D eigenvalue weighted by Crippen LogP contribution is 2.23. The largest absolute Gasteiger partial charge is 0.367 e. The van der Waals surface area contributed by atoms with E-state index in [1.54, 1.807) is 31.3 Å². The number of nitrogens with zero attached hydrogens (tertiary/aromatic N) is 3. The maximum atomic E-state index is 13.9. The van der Waals surface area contributed by atoms with E-state index in [1.807, 2.05) is 17.0 Å². The summed E-state index contributed by atoms with van der Waals surface area (Å²) < 4.78 is 39.4. The summed E-state index contributed by atoms with van der Waals surface area (Å²) >= 11 is 0. The van der Waals surface area contributed by atoms with Crippen molar-refractivity contribution in [2.45, 2.75) is 6.92 Å². The quantitative estimate of drug-likeness (QED) is 0.882. The SMILES string of the molecule is CCS(=O)(=O)Nc1ccc(N2CCN(c3ccccc3F)CC2)cn1. The molecular weight excluding hydrogens is 343 g/mol. The number of nitrogens with one attached hydrogen (secondary N) is 1. The van der Waals surface area contributed by atoms with Gasteiger partial charge in [-0.3, -0.25) is 4.72 Å². The molecule has 1 saturated heterocycles. The number of hydrogen-bond donors (Lipinski definition) is 1. The van der Waals surface area contributed by atoms with Gasteiger partial charge in [0.15, 0.2) is 0 Å². The zero-order valence-corrected chi connectivity index (χ0v) is 14.8. The molecule has 1 aliphatic heterocycles. The minimum atomic E-state index is -3.32. The van der Waals surface area contributed by atoms with Gasteiger partial charge in [-0.15, -0.1) is 0 Å². The molecule has 0 aliphatic carbocycles. The first-order valence-corrected chi connectivity index (χ1v) is 9.85. The molecule has 0 saturated carbocycles. The van der Waals surface area contributed by atoms with Crippen LogP contribution in [0.4, 0.5) is 21.6 Å². The second-order valence-electron chi connectivity index (χ2n) is 5.83. The van der Waals surface area contributed by atoms with Gasteiger partial charge in [0.1, 0.15) is 11.6 Å². The van der Waals surface area contributed by atoms with Crippen molar-refractivity contribution in [3.8, 4) is 0 Å². The number of piperazine rings is 1. The molecule has 0 radical (unpaired) electrons. The van der Waals surface area contributed by atoms with Gasteiger partial charge in [-0.05, 0) is 31.2 Å². The predicted molar refractivity (Wildman–Crippen MR) is 98.1 cm³/mol. The summed E-state index contributed by atoms with van der Waals surface area (Å²) in [7, 11) is -3.32. The molecule has 0 unspecified atom stereocenters. The molecule has 0 spiro atoms. The van der Waals surface area contributed by atoms with Crippen LogP contribution in [-0.2, 0) is 10.0 Å². The summed E-state index contributed by atoms with van der Waals surface area (Å²) in [6.07, 6.45) is 1.66. The first kappa shape index (κ1) is 17.5. The van der Waals surface area contributed by atoms with Gasteiger partial charge in [-0.2, -0.15) is 0 Å². The number of para-hydroxylation sites is 1. The lowest BCUT2D eigenvalue weighted by Crippen LogP contribution is -2.46. The number of sulfonamides is 1. The van der Waals surface area contributed by atoms with E-state index in [0.717, 1.165) is 18.8 Å². The van der Waals surface area contributed by atoms with Crippen LogP contribution in [-0.4, -0.2) is 45.3 Å². The Morgan fingerprint density at radius 2 is 1.76 bits per heavy atom. The zero-order chi connectivity index (χ0) is 17.9. The molecule has 6 nitrogen and oxygen atoms in total. The maximum Gasteiger partial charge on any atom is 0.233 e. The number of halogens is 1. The standard InChI is InChI=1S/C17H21FN4O2S/c1-2-25(23,24)20-17-8-7-14(13-19-17)21-9-11-22(12-10-21)16-6-4-3-5-15(16)18/h3-8,13H,2,9-12H2,1H3,(H,19,20). The van der Waals surface area contributed by atoms with Gasteiger partial charge in [0.05, 0.1) is 23.3 Å². The number of aromatic nitrogens is 1. The minimum absolute atomic E-state index is 0.00837. The third-order valence-corrected chi connectivity index (χ3v) is 5.51. The van der Waals surface area contributed by atoms with Crippen molar-refractivity contribution < 1.29 is 12.8 Å². The van der Waals surface area contributed by atoms with Gasteiger partial charge in [-0.1, -0.05) is 12.1 Å². The van der Waals surface area contributed by atoms with E-state index in [0.29, 0.717) is 24.6 Å². The Labute approximate surface area is 147 Å². The fraction of sp³-hybridized carbons (Fsp3) is 0.353. The van der Waals surface area contributed by atoms with Gasteiger partial charge < -0.3 is 9.80 Å². The molecule has 134 valence electrons. The van der Waals surface area contributed by atoms with Crippen molar-refractivity contribution in [3.05, 3.63) is 48.4 Å². The first-order valence-electron chi connectivity index (χ1n) is 8.19. The van der Waals surface area contributed by atoms with Gasteiger partial charge in [0, 0.05) is 26.2 Å². The van der Waals surface area contributed by atoms with Gasteiger partial charge in [-0.25, -0.2) is 17.8 Å². The monoisotopic (exact) mass is 364 g/mol. The summed E-state index contributed by atoms with van der Waals surface area (Å²) in [5.74, 6) is 0.120. The van der Waals surface area contributed by atoms with Crippen molar-refractivity contribution in [2.75, 3.05) is 46.5 Å². The molecule has 2 heterocycles. The summed E-state index contributed by atoms with van der Waals surface area (Å²) in [6.45, 7) is 4.49. The lowest BCUT2D eigenvalue weighted by molar-refractivity contribution is 0.597. The average Bonchev–Trinajstić information content (AvgIpc) is 2.63. The molecule has 1 aromatic carbocycles. The molecule has 3 rings (SSSR count). The van der Waals surface area contributed by atoms with Crippen LogP contribution in [0, 0.1) is 5.82 Å². The molecule has 8 heteroatoms. The Bertz CT molecular complexity index is 819. The maximum absolute atomic E-state index is 13.9. The van der Waals surface area contributed by atoms with Crippen LogP contribution in [0.3, 0.4) is 0 Å². The Morgan fingerprint density at radius 3 is 2.36 bits per heavy atom. The number of pyridine rings is 1. The fourth-order valence-electron chi connectivity index (χ4n) is 2.78. The van der Waals surface area contributed by atoms with Crippen LogP contribution in [0.1, 0.15) is 6.92 Å². The Hall–Kier alpha value is -2.35. The number of anilines is 3. The number of hydrogen-bond acceptors (Lipinski definition) is 5. The highest BCUT2D eigenvalue weighted by molar-refractivity contribution is 7.92. The van der Waals surface area contributed by atoms with E-state index in [4.69, 9.17) is 0 Å². The van der Waals surface area contributed by atoms with E-state index >= 15 is 0 Å². The van der Waals surface area contributed by atoms with Crippen LogP contribution in [0.25, 0.3) is 0 Å². The summed E-state index contributed by atoms with van der Waals surface area (Å²) in [5, 5.41) is 0. The predicted octanol–water partition coefficient (Wildman–Crippen LogP) is 2.31. The van der Waals surface area contributed by atoms with Crippen LogP contribution in [0.5, 0.6) is 0 Å². The Balaban J connectivity index is 1.62. The zero-order valence-electron chi connectivity index (χ0n) is 14.0. The number of rotatable bonds is 5. The van der Waals surface area contributed by atoms with E-state index in [2.05, 4.69) is 14.6 Å². The molecule has 1 N–H and O–H groups in total. The molecule has 25 heavy (non-hydrogen) atoms. The Kier molecular flexibility index (Phi) is 5.08. The molecule has 0 bridgehead atoms. The van der Waals surface area contributed by atoms with Crippen molar-refractivity contribution in [2.24, 2.45) is 0 Å². The van der Waals surface area contributed by atoms with E-state index in [-0.39, 0.29) is 11.6 Å². The van der Waals surface area contributed by atoms with Crippen molar-refractivity contribution in [3.63, 3.8) is 0 Å².